The van der Waals surface area contributed by atoms with Crippen LogP contribution in [0.25, 0.3) is 5.82 Å². The zero-order chi connectivity index (χ0) is 13.8. The Morgan fingerprint density at radius 3 is 2.80 bits per heavy atom. The lowest BCUT2D eigenvalue weighted by molar-refractivity contribution is 0.0564. The molecule has 0 bridgehead atoms. The quantitative estimate of drug-likeness (QED) is 0.890. The first-order chi connectivity index (χ1) is 9.83. The Labute approximate surface area is 116 Å². The molecule has 3 rings (SSSR count). The van der Waals surface area contributed by atoms with Crippen molar-refractivity contribution in [2.75, 3.05) is 31.6 Å². The number of nitrogens with one attached hydrogen (secondary N) is 1. The normalized spacial score (nSPS) is 15.1. The van der Waals surface area contributed by atoms with Crippen molar-refractivity contribution in [2.24, 2.45) is 0 Å². The number of hydrogen-bond acceptors (Lipinski definition) is 4. The molecule has 0 saturated carbocycles. The van der Waals surface area contributed by atoms with Crippen LogP contribution in [0.2, 0.25) is 0 Å². The second kappa shape index (κ2) is 5.70. The molecule has 2 aromatic rings. The van der Waals surface area contributed by atoms with E-state index in [0.717, 1.165) is 0 Å². The Balaban J connectivity index is 1.64. The molecule has 0 aromatic carbocycles. The minimum atomic E-state index is -0.123. The number of carbonyl (C=O) groups excluding carboxylic acids is 1. The highest BCUT2D eigenvalue weighted by atomic mass is 16.5. The van der Waals surface area contributed by atoms with Crippen LogP contribution >= 0.6 is 0 Å². The number of nitrogens with zero attached hydrogens (tertiary/aromatic N) is 4. The SMILES string of the molecule is O=C(Nc1ccc(-n2cccn2)nc1)N1CCOCC1. The predicted octanol–water partition coefficient (Wildman–Crippen LogP) is 1.13. The molecule has 1 saturated heterocycles. The van der Waals surface area contributed by atoms with Gasteiger partial charge in [0.25, 0.3) is 0 Å². The summed E-state index contributed by atoms with van der Waals surface area (Å²) in [5.74, 6) is 0.708. The first-order valence-corrected chi connectivity index (χ1v) is 6.43. The van der Waals surface area contributed by atoms with Gasteiger partial charge in [-0.05, 0) is 18.2 Å². The fourth-order valence-electron chi connectivity index (χ4n) is 1.97. The lowest BCUT2D eigenvalue weighted by Crippen LogP contribution is -2.43. The van der Waals surface area contributed by atoms with Crippen molar-refractivity contribution in [2.45, 2.75) is 0 Å². The van der Waals surface area contributed by atoms with Crippen LogP contribution in [0.5, 0.6) is 0 Å². The molecule has 2 aromatic heterocycles. The predicted molar refractivity (Wildman–Crippen MR) is 72.8 cm³/mol. The van der Waals surface area contributed by atoms with Gasteiger partial charge in [-0.2, -0.15) is 5.10 Å². The van der Waals surface area contributed by atoms with Crippen molar-refractivity contribution in [1.29, 1.82) is 0 Å². The van der Waals surface area contributed by atoms with Gasteiger partial charge < -0.3 is 15.0 Å². The highest BCUT2D eigenvalue weighted by molar-refractivity contribution is 5.89. The van der Waals surface area contributed by atoms with Gasteiger partial charge in [-0.3, -0.25) is 0 Å². The molecular weight excluding hydrogens is 258 g/mol. The molecule has 7 nitrogen and oxygen atoms in total. The third kappa shape index (κ3) is 2.77. The number of pyridine rings is 1. The smallest absolute Gasteiger partial charge is 0.322 e. The molecular formula is C13H15N5O2. The molecule has 1 aliphatic heterocycles. The van der Waals surface area contributed by atoms with E-state index in [1.165, 1.54) is 0 Å². The minimum absolute atomic E-state index is 0.123. The molecule has 104 valence electrons. The number of morpholine rings is 1. The van der Waals surface area contributed by atoms with Crippen LogP contribution in [-0.4, -0.2) is 52.0 Å². The van der Waals surface area contributed by atoms with E-state index in [-0.39, 0.29) is 6.03 Å². The zero-order valence-corrected chi connectivity index (χ0v) is 10.9. The molecule has 3 heterocycles. The first kappa shape index (κ1) is 12.6. The average molecular weight is 273 g/mol. The summed E-state index contributed by atoms with van der Waals surface area (Å²) in [6.45, 7) is 2.41. The van der Waals surface area contributed by atoms with Crippen LogP contribution < -0.4 is 5.32 Å². The summed E-state index contributed by atoms with van der Waals surface area (Å²) in [7, 11) is 0. The van der Waals surface area contributed by atoms with Crippen molar-refractivity contribution < 1.29 is 9.53 Å². The molecule has 0 aliphatic carbocycles. The summed E-state index contributed by atoms with van der Waals surface area (Å²) in [4.78, 5) is 18.0. The maximum atomic E-state index is 12.0. The number of urea groups is 1. The van der Waals surface area contributed by atoms with Crippen LogP contribution in [0.3, 0.4) is 0 Å². The van der Waals surface area contributed by atoms with Gasteiger partial charge >= 0.3 is 6.03 Å². The molecule has 0 radical (unpaired) electrons. The molecule has 1 aliphatic rings. The molecule has 0 spiro atoms. The molecule has 7 heteroatoms. The summed E-state index contributed by atoms with van der Waals surface area (Å²) < 4.78 is 6.87. The molecule has 1 fully saturated rings. The summed E-state index contributed by atoms with van der Waals surface area (Å²) in [6.07, 6.45) is 5.12. The van der Waals surface area contributed by atoms with Gasteiger partial charge in [-0.15, -0.1) is 0 Å². The van der Waals surface area contributed by atoms with E-state index in [1.807, 2.05) is 24.4 Å². The fourth-order valence-corrected chi connectivity index (χ4v) is 1.97. The Morgan fingerprint density at radius 1 is 1.30 bits per heavy atom. The number of rotatable bonds is 2. The molecule has 0 atom stereocenters. The van der Waals surface area contributed by atoms with Crippen LogP contribution in [-0.2, 0) is 4.74 Å². The van der Waals surface area contributed by atoms with Gasteiger partial charge in [0.2, 0.25) is 0 Å². The molecule has 2 amide bonds. The average Bonchev–Trinajstić information content (AvgIpc) is 3.03. The highest BCUT2D eigenvalue weighted by Gasteiger charge is 2.16. The van der Waals surface area contributed by atoms with E-state index >= 15 is 0 Å². The number of anilines is 1. The molecule has 0 unspecified atom stereocenters. The maximum Gasteiger partial charge on any atom is 0.322 e. The lowest BCUT2D eigenvalue weighted by Gasteiger charge is -2.26. The van der Waals surface area contributed by atoms with Gasteiger partial charge in [0.1, 0.15) is 0 Å². The van der Waals surface area contributed by atoms with Crippen molar-refractivity contribution in [3.63, 3.8) is 0 Å². The Morgan fingerprint density at radius 2 is 2.15 bits per heavy atom. The topological polar surface area (TPSA) is 72.3 Å². The summed E-state index contributed by atoms with van der Waals surface area (Å²) >= 11 is 0. The van der Waals surface area contributed by atoms with Gasteiger partial charge in [-0.1, -0.05) is 0 Å². The lowest BCUT2D eigenvalue weighted by atomic mass is 10.4. The van der Waals surface area contributed by atoms with Crippen molar-refractivity contribution in [1.82, 2.24) is 19.7 Å². The fraction of sp³-hybridized carbons (Fsp3) is 0.308. The number of amides is 2. The van der Waals surface area contributed by atoms with Crippen molar-refractivity contribution in [3.8, 4) is 5.82 Å². The summed E-state index contributed by atoms with van der Waals surface area (Å²) in [5.41, 5.74) is 0.664. The van der Waals surface area contributed by atoms with E-state index in [1.54, 1.807) is 22.0 Å². The summed E-state index contributed by atoms with van der Waals surface area (Å²) in [5, 5.41) is 6.92. The van der Waals surface area contributed by atoms with E-state index in [4.69, 9.17) is 4.74 Å². The highest BCUT2D eigenvalue weighted by Crippen LogP contribution is 2.10. The standard InChI is InChI=1S/C13H15N5O2/c19-13(17-6-8-20-9-7-17)16-11-2-3-12(14-10-11)18-5-1-4-15-18/h1-5,10H,6-9H2,(H,16,19). The van der Waals surface area contributed by atoms with Crippen molar-refractivity contribution in [3.05, 3.63) is 36.8 Å². The molecule has 20 heavy (non-hydrogen) atoms. The van der Waals surface area contributed by atoms with Crippen LogP contribution in [0.1, 0.15) is 0 Å². The van der Waals surface area contributed by atoms with Crippen LogP contribution in [0, 0.1) is 0 Å². The van der Waals surface area contributed by atoms with E-state index < -0.39 is 0 Å². The number of hydrogen-bond donors (Lipinski definition) is 1. The largest absolute Gasteiger partial charge is 0.378 e. The monoisotopic (exact) mass is 273 g/mol. The molecule has 1 N–H and O–H groups in total. The van der Waals surface area contributed by atoms with E-state index in [9.17, 15) is 4.79 Å². The van der Waals surface area contributed by atoms with Crippen LogP contribution in [0.4, 0.5) is 10.5 Å². The van der Waals surface area contributed by atoms with Gasteiger partial charge in [0, 0.05) is 25.5 Å². The summed E-state index contributed by atoms with van der Waals surface area (Å²) in [6, 6.07) is 5.32. The van der Waals surface area contributed by atoms with Crippen LogP contribution in [0.15, 0.2) is 36.8 Å². The number of aromatic nitrogens is 3. The minimum Gasteiger partial charge on any atom is -0.378 e. The number of ether oxygens (including phenoxy) is 1. The zero-order valence-electron chi connectivity index (χ0n) is 10.9. The van der Waals surface area contributed by atoms with Gasteiger partial charge in [0.15, 0.2) is 5.82 Å². The Bertz CT molecular complexity index is 561. The second-order valence-electron chi connectivity index (χ2n) is 4.39. The third-order valence-electron chi connectivity index (χ3n) is 3.04. The first-order valence-electron chi connectivity index (χ1n) is 6.43. The van der Waals surface area contributed by atoms with E-state index in [0.29, 0.717) is 37.8 Å². The second-order valence-corrected chi connectivity index (χ2v) is 4.39. The van der Waals surface area contributed by atoms with E-state index in [2.05, 4.69) is 15.4 Å². The third-order valence-corrected chi connectivity index (χ3v) is 3.04. The van der Waals surface area contributed by atoms with Gasteiger partial charge in [-0.25, -0.2) is 14.5 Å². The maximum absolute atomic E-state index is 12.0. The van der Waals surface area contributed by atoms with Gasteiger partial charge in [0.05, 0.1) is 25.1 Å². The Hall–Kier alpha value is -2.41. The van der Waals surface area contributed by atoms with Crippen molar-refractivity contribution >= 4 is 11.7 Å². The number of carbonyl (C=O) groups is 1. The Kier molecular flexibility index (Phi) is 3.60.